The van der Waals surface area contributed by atoms with Gasteiger partial charge in [-0.3, -0.25) is 14.4 Å². The third-order valence-electron chi connectivity index (χ3n) is 5.96. The minimum Gasteiger partial charge on any atom is -0.348 e. The van der Waals surface area contributed by atoms with Crippen LogP contribution in [0.25, 0.3) is 0 Å². The van der Waals surface area contributed by atoms with Crippen molar-refractivity contribution in [3.8, 4) is 0 Å². The van der Waals surface area contributed by atoms with Crippen LogP contribution in [0, 0.1) is 12.8 Å². The lowest BCUT2D eigenvalue weighted by Gasteiger charge is -2.27. The Morgan fingerprint density at radius 2 is 2.14 bits per heavy atom. The number of aromatic nitrogens is 4. The SMILES string of the molecule is Cc1[nH]cnc1CN1CCc2c(c(C(=O)NC3CCCC3)nn2CC(C)C)C1. The van der Waals surface area contributed by atoms with Crippen LogP contribution < -0.4 is 5.32 Å². The molecule has 2 N–H and O–H groups in total. The highest BCUT2D eigenvalue weighted by atomic mass is 16.2. The number of rotatable bonds is 6. The Hall–Kier alpha value is -2.15. The van der Waals surface area contributed by atoms with Crippen molar-refractivity contribution in [3.05, 3.63) is 34.7 Å². The van der Waals surface area contributed by atoms with Gasteiger partial charge in [0, 0.05) is 55.6 Å². The third-order valence-corrected chi connectivity index (χ3v) is 5.96. The average molecular weight is 385 g/mol. The number of imidazole rings is 1. The Morgan fingerprint density at radius 3 is 2.82 bits per heavy atom. The molecule has 2 aromatic heterocycles. The third kappa shape index (κ3) is 3.99. The molecule has 0 spiro atoms. The molecular formula is C21H32N6O. The first-order chi connectivity index (χ1) is 13.5. The first kappa shape index (κ1) is 19.2. The predicted octanol–water partition coefficient (Wildman–Crippen LogP) is 2.80. The molecular weight excluding hydrogens is 352 g/mol. The van der Waals surface area contributed by atoms with E-state index in [9.17, 15) is 4.79 Å². The number of hydrogen-bond acceptors (Lipinski definition) is 4. The van der Waals surface area contributed by atoms with Gasteiger partial charge < -0.3 is 10.3 Å². The van der Waals surface area contributed by atoms with Gasteiger partial charge in [-0.15, -0.1) is 0 Å². The van der Waals surface area contributed by atoms with Crippen molar-refractivity contribution in [2.24, 2.45) is 5.92 Å². The first-order valence-electron chi connectivity index (χ1n) is 10.6. The summed E-state index contributed by atoms with van der Waals surface area (Å²) in [5.41, 5.74) is 5.16. The van der Waals surface area contributed by atoms with Crippen LogP contribution >= 0.6 is 0 Å². The molecule has 7 nitrogen and oxygen atoms in total. The second-order valence-corrected chi connectivity index (χ2v) is 8.74. The number of nitrogens with zero attached hydrogens (tertiary/aromatic N) is 4. The fourth-order valence-electron chi connectivity index (χ4n) is 4.44. The number of amides is 1. The molecule has 1 amide bonds. The molecule has 1 saturated carbocycles. The topological polar surface area (TPSA) is 78.8 Å². The van der Waals surface area contributed by atoms with E-state index >= 15 is 0 Å². The van der Waals surface area contributed by atoms with Gasteiger partial charge in [0.15, 0.2) is 5.69 Å². The molecule has 0 bridgehead atoms. The lowest BCUT2D eigenvalue weighted by atomic mass is 10.0. The van der Waals surface area contributed by atoms with Crippen LogP contribution in [0.5, 0.6) is 0 Å². The van der Waals surface area contributed by atoms with E-state index in [1.54, 1.807) is 6.33 Å². The molecule has 1 aliphatic heterocycles. The predicted molar refractivity (Wildman–Crippen MR) is 108 cm³/mol. The van der Waals surface area contributed by atoms with Crippen LogP contribution in [0.4, 0.5) is 0 Å². The van der Waals surface area contributed by atoms with E-state index in [0.29, 0.717) is 17.7 Å². The molecule has 7 heteroatoms. The van der Waals surface area contributed by atoms with Gasteiger partial charge in [-0.25, -0.2) is 4.98 Å². The molecule has 28 heavy (non-hydrogen) atoms. The van der Waals surface area contributed by atoms with Crippen LogP contribution in [-0.2, 0) is 26.1 Å². The Labute approximate surface area is 166 Å². The number of aromatic amines is 1. The summed E-state index contributed by atoms with van der Waals surface area (Å²) in [5, 5.41) is 8.01. The average Bonchev–Trinajstić information content (AvgIpc) is 3.37. The van der Waals surface area contributed by atoms with E-state index in [2.05, 4.69) is 45.6 Å². The van der Waals surface area contributed by atoms with Crippen LogP contribution in [0.15, 0.2) is 6.33 Å². The summed E-state index contributed by atoms with van der Waals surface area (Å²) in [5.74, 6) is 0.503. The number of aryl methyl sites for hydroxylation is 1. The Kier molecular flexibility index (Phi) is 5.53. The zero-order valence-corrected chi connectivity index (χ0v) is 17.3. The quantitative estimate of drug-likeness (QED) is 0.803. The van der Waals surface area contributed by atoms with Gasteiger partial charge in [0.05, 0.1) is 12.0 Å². The van der Waals surface area contributed by atoms with Crippen molar-refractivity contribution in [2.75, 3.05) is 6.54 Å². The smallest absolute Gasteiger partial charge is 0.272 e. The second kappa shape index (κ2) is 8.07. The zero-order chi connectivity index (χ0) is 19.7. The van der Waals surface area contributed by atoms with Gasteiger partial charge in [-0.05, 0) is 25.7 Å². The van der Waals surface area contributed by atoms with Gasteiger partial charge in [0.25, 0.3) is 5.91 Å². The van der Waals surface area contributed by atoms with Crippen molar-refractivity contribution in [3.63, 3.8) is 0 Å². The first-order valence-corrected chi connectivity index (χ1v) is 10.6. The van der Waals surface area contributed by atoms with Gasteiger partial charge in [-0.2, -0.15) is 5.10 Å². The normalized spacial score (nSPS) is 18.0. The molecule has 0 aromatic carbocycles. The van der Waals surface area contributed by atoms with Crippen molar-refractivity contribution in [2.45, 2.75) is 78.6 Å². The largest absolute Gasteiger partial charge is 0.348 e. The molecule has 2 aliphatic rings. The second-order valence-electron chi connectivity index (χ2n) is 8.74. The molecule has 2 aromatic rings. The van der Waals surface area contributed by atoms with Gasteiger partial charge in [0.2, 0.25) is 0 Å². The Bertz CT molecular complexity index is 830. The molecule has 152 valence electrons. The number of fused-ring (bicyclic) bond motifs is 1. The standard InChI is InChI=1S/C21H32N6O/c1-14(2)10-27-19-8-9-26(12-18-15(3)22-13-23-18)11-17(19)20(25-27)21(28)24-16-6-4-5-7-16/h13-14,16H,4-12H2,1-3H3,(H,22,23)(H,24,28). The highest BCUT2D eigenvalue weighted by Crippen LogP contribution is 2.26. The lowest BCUT2D eigenvalue weighted by Crippen LogP contribution is -2.35. The molecule has 3 heterocycles. The van der Waals surface area contributed by atoms with E-state index in [0.717, 1.165) is 62.4 Å². The monoisotopic (exact) mass is 384 g/mol. The van der Waals surface area contributed by atoms with Crippen molar-refractivity contribution >= 4 is 5.91 Å². The molecule has 1 aliphatic carbocycles. The number of hydrogen-bond donors (Lipinski definition) is 2. The van der Waals surface area contributed by atoms with Crippen molar-refractivity contribution in [1.29, 1.82) is 0 Å². The fourth-order valence-corrected chi connectivity index (χ4v) is 4.44. The molecule has 4 rings (SSSR count). The highest BCUT2D eigenvalue weighted by Gasteiger charge is 2.30. The van der Waals surface area contributed by atoms with Gasteiger partial charge in [-0.1, -0.05) is 26.7 Å². The molecule has 0 saturated heterocycles. The van der Waals surface area contributed by atoms with E-state index in [1.165, 1.54) is 18.5 Å². The summed E-state index contributed by atoms with van der Waals surface area (Å²) < 4.78 is 2.08. The number of nitrogens with one attached hydrogen (secondary N) is 2. The van der Waals surface area contributed by atoms with Crippen LogP contribution in [0.2, 0.25) is 0 Å². The summed E-state index contributed by atoms with van der Waals surface area (Å²) in [7, 11) is 0. The summed E-state index contributed by atoms with van der Waals surface area (Å²) in [4.78, 5) is 23.0. The van der Waals surface area contributed by atoms with E-state index in [-0.39, 0.29) is 5.91 Å². The van der Waals surface area contributed by atoms with Crippen LogP contribution in [0.3, 0.4) is 0 Å². The van der Waals surface area contributed by atoms with E-state index < -0.39 is 0 Å². The fraction of sp³-hybridized carbons (Fsp3) is 0.667. The summed E-state index contributed by atoms with van der Waals surface area (Å²) in [6.45, 7) is 9.83. The molecule has 0 unspecified atom stereocenters. The van der Waals surface area contributed by atoms with Crippen LogP contribution in [0.1, 0.15) is 72.7 Å². The van der Waals surface area contributed by atoms with Crippen molar-refractivity contribution in [1.82, 2.24) is 30.0 Å². The van der Waals surface area contributed by atoms with Crippen molar-refractivity contribution < 1.29 is 4.79 Å². The molecule has 1 fully saturated rings. The molecule has 0 radical (unpaired) electrons. The minimum absolute atomic E-state index is 0.00320. The zero-order valence-electron chi connectivity index (χ0n) is 17.3. The Balaban J connectivity index is 1.57. The maximum atomic E-state index is 13.0. The maximum absolute atomic E-state index is 13.0. The summed E-state index contributed by atoms with van der Waals surface area (Å²) >= 11 is 0. The number of carbonyl (C=O) groups excluding carboxylic acids is 1. The molecule has 0 atom stereocenters. The Morgan fingerprint density at radius 1 is 1.36 bits per heavy atom. The van der Waals surface area contributed by atoms with E-state index in [4.69, 9.17) is 5.10 Å². The summed E-state index contributed by atoms with van der Waals surface area (Å²) in [6.07, 6.45) is 7.27. The maximum Gasteiger partial charge on any atom is 0.272 e. The lowest BCUT2D eigenvalue weighted by molar-refractivity contribution is 0.0929. The van der Waals surface area contributed by atoms with Crippen LogP contribution in [-0.4, -0.2) is 43.1 Å². The van der Waals surface area contributed by atoms with Gasteiger partial charge in [0.1, 0.15) is 0 Å². The number of H-pyrrole nitrogens is 1. The number of carbonyl (C=O) groups is 1. The minimum atomic E-state index is 0.00320. The highest BCUT2D eigenvalue weighted by molar-refractivity contribution is 5.94. The van der Waals surface area contributed by atoms with E-state index in [1.807, 2.05) is 0 Å². The summed E-state index contributed by atoms with van der Waals surface area (Å²) in [6, 6.07) is 0.310. The van der Waals surface area contributed by atoms with Gasteiger partial charge >= 0.3 is 0 Å².